The van der Waals surface area contributed by atoms with Gasteiger partial charge < -0.3 is 10.2 Å². The van der Waals surface area contributed by atoms with Gasteiger partial charge in [-0.3, -0.25) is 14.6 Å². The number of carbonyl (C=O) groups is 1. The van der Waals surface area contributed by atoms with Crippen molar-refractivity contribution >= 4 is 5.91 Å². The highest BCUT2D eigenvalue weighted by molar-refractivity contribution is 5.74. The molecule has 6 aromatic rings. The number of nitrogens with one attached hydrogen (secondary N) is 1. The van der Waals surface area contributed by atoms with Gasteiger partial charge in [-0.25, -0.2) is 0 Å². The normalized spacial score (nSPS) is 17.7. The van der Waals surface area contributed by atoms with Crippen molar-refractivity contribution in [3.05, 3.63) is 191 Å². The molecule has 1 amide bonds. The van der Waals surface area contributed by atoms with Crippen molar-refractivity contribution in [3.63, 3.8) is 0 Å². The molecule has 61 heavy (non-hydrogen) atoms. The zero-order valence-electron chi connectivity index (χ0n) is 33.8. The fraction of sp³-hybridized carbons (Fsp3) is 0.260. The van der Waals surface area contributed by atoms with Crippen LogP contribution in [0.3, 0.4) is 0 Å². The predicted molar refractivity (Wildman–Crippen MR) is 228 cm³/mol. The van der Waals surface area contributed by atoms with Crippen molar-refractivity contribution in [2.75, 3.05) is 39.3 Å². The van der Waals surface area contributed by atoms with Crippen LogP contribution < -0.4 is 5.32 Å². The molecule has 8 rings (SSSR count). The van der Waals surface area contributed by atoms with Gasteiger partial charge in [0.2, 0.25) is 5.91 Å². The molecule has 6 aromatic carbocycles. The van der Waals surface area contributed by atoms with Gasteiger partial charge in [0.15, 0.2) is 0 Å². The molecule has 0 spiro atoms. The van der Waals surface area contributed by atoms with Crippen LogP contribution in [-0.2, 0) is 30.2 Å². The lowest BCUT2D eigenvalue weighted by molar-refractivity contribution is -0.137. The molecule has 2 heterocycles. The van der Waals surface area contributed by atoms with Crippen molar-refractivity contribution in [3.8, 4) is 22.3 Å². The third-order valence-corrected chi connectivity index (χ3v) is 11.3. The summed E-state index contributed by atoms with van der Waals surface area (Å²) in [4.78, 5) is 18.7. The van der Waals surface area contributed by atoms with Crippen LogP contribution in [0, 0.1) is 0 Å². The number of piperazine rings is 2. The minimum absolute atomic E-state index is 0.0135. The Morgan fingerprint density at radius 3 is 1.46 bits per heavy atom. The van der Waals surface area contributed by atoms with Gasteiger partial charge in [0, 0.05) is 65.3 Å². The highest BCUT2D eigenvalue weighted by atomic mass is 19.4. The second kappa shape index (κ2) is 19.3. The summed E-state index contributed by atoms with van der Waals surface area (Å²) in [5.74, 6) is 0.0613. The smallest absolute Gasteiger partial charge is 0.333 e. The van der Waals surface area contributed by atoms with E-state index in [1.165, 1.54) is 29.8 Å². The van der Waals surface area contributed by atoms with Crippen molar-refractivity contribution in [2.24, 2.45) is 0 Å². The van der Waals surface area contributed by atoms with E-state index in [2.05, 4.69) is 27.2 Å². The number of amides is 1. The molecule has 11 heteroatoms. The van der Waals surface area contributed by atoms with E-state index >= 15 is 0 Å². The zero-order chi connectivity index (χ0) is 43.0. The maximum absolute atomic E-state index is 13.4. The Bertz CT molecular complexity index is 2330. The Morgan fingerprint density at radius 2 is 0.984 bits per heavy atom. The third kappa shape index (κ3) is 11.2. The largest absolute Gasteiger partial charge is 0.417 e. The van der Waals surface area contributed by atoms with Crippen molar-refractivity contribution in [2.45, 2.75) is 44.4 Å². The Morgan fingerprint density at radius 1 is 0.541 bits per heavy atom. The molecule has 316 valence electrons. The molecule has 2 fully saturated rings. The molecule has 2 aliphatic rings. The quantitative estimate of drug-likeness (QED) is 0.155. The summed E-state index contributed by atoms with van der Waals surface area (Å²) in [7, 11) is 0. The third-order valence-electron chi connectivity index (χ3n) is 11.3. The van der Waals surface area contributed by atoms with Gasteiger partial charge in [-0.05, 0) is 56.6 Å². The Kier molecular flexibility index (Phi) is 13.7. The minimum atomic E-state index is -4.39. The lowest BCUT2D eigenvalue weighted by Crippen LogP contribution is -2.49. The lowest BCUT2D eigenvalue weighted by atomic mass is 9.98. The number of benzene rings is 6. The van der Waals surface area contributed by atoms with E-state index in [4.69, 9.17) is 0 Å². The number of alkyl halides is 6. The summed E-state index contributed by atoms with van der Waals surface area (Å²) < 4.78 is 79.9. The zero-order valence-corrected chi connectivity index (χ0v) is 33.8. The number of nitrogens with zero attached hydrogens (tertiary/aromatic N) is 3. The summed E-state index contributed by atoms with van der Waals surface area (Å²) in [6, 6.07) is 46.7. The molecule has 0 radical (unpaired) electrons. The molecule has 0 bridgehead atoms. The molecule has 0 aliphatic carbocycles. The molecular formula is C50H48F6N4O. The van der Waals surface area contributed by atoms with E-state index in [1.54, 1.807) is 43.3 Å². The molecule has 0 saturated carbocycles. The van der Waals surface area contributed by atoms with Crippen LogP contribution in [-0.4, -0.2) is 59.9 Å². The van der Waals surface area contributed by atoms with E-state index in [1.807, 2.05) is 77.7 Å². The van der Waals surface area contributed by atoms with E-state index in [0.29, 0.717) is 36.8 Å². The van der Waals surface area contributed by atoms with E-state index in [9.17, 15) is 31.1 Å². The maximum Gasteiger partial charge on any atom is 0.417 e. The van der Waals surface area contributed by atoms with Gasteiger partial charge in [-0.2, -0.15) is 26.3 Å². The van der Waals surface area contributed by atoms with Crippen LogP contribution >= 0.6 is 0 Å². The standard InChI is InChI=1S/C26H25F3N2O.C24H23F3N2/c1-19(32)31-16-15-30(18-25(31)22-7-3-2-4-8-22)17-20-11-13-21(14-12-20)23-9-5-6-10-24(23)26(27,28)29;25-24(26,27)22-9-5-4-8-21(22)19-12-10-18(11-13-19)16-29-15-14-28-23(17-29)20-6-2-1-3-7-20/h2-14,25H,15-18H2,1H3;1-13,23,28H,14-17H2. The van der Waals surface area contributed by atoms with Crippen LogP contribution in [0.5, 0.6) is 0 Å². The molecule has 2 aliphatic heterocycles. The molecular weight excluding hydrogens is 787 g/mol. The summed E-state index contributed by atoms with van der Waals surface area (Å²) in [6.07, 6.45) is -8.75. The Balaban J connectivity index is 0.000000185. The minimum Gasteiger partial charge on any atom is -0.333 e. The monoisotopic (exact) mass is 834 g/mol. The summed E-state index contributed by atoms with van der Waals surface area (Å²) in [6.45, 7) is 7.93. The van der Waals surface area contributed by atoms with Gasteiger partial charge in [0.25, 0.3) is 0 Å². The molecule has 2 unspecified atom stereocenters. The van der Waals surface area contributed by atoms with Gasteiger partial charge in [-0.15, -0.1) is 0 Å². The first-order chi connectivity index (χ1) is 29.3. The first kappa shape index (κ1) is 43.3. The van der Waals surface area contributed by atoms with Crippen LogP contribution in [0.4, 0.5) is 26.3 Å². The van der Waals surface area contributed by atoms with Crippen LogP contribution in [0.15, 0.2) is 158 Å². The SMILES string of the molecule is CC(=O)N1CCN(Cc2ccc(-c3ccccc3C(F)(F)F)cc2)CC1c1ccccc1.FC(F)(F)c1ccccc1-c1ccc(CN2CCNC(c3ccccc3)C2)cc1. The maximum atomic E-state index is 13.4. The average molecular weight is 835 g/mol. The van der Waals surface area contributed by atoms with E-state index < -0.39 is 23.5 Å². The number of hydrogen-bond acceptors (Lipinski definition) is 4. The van der Waals surface area contributed by atoms with Crippen molar-refractivity contribution in [1.82, 2.24) is 20.0 Å². The van der Waals surface area contributed by atoms with Gasteiger partial charge in [0.1, 0.15) is 0 Å². The second-order valence-corrected chi connectivity index (χ2v) is 15.5. The first-order valence-electron chi connectivity index (χ1n) is 20.4. The second-order valence-electron chi connectivity index (χ2n) is 15.5. The van der Waals surface area contributed by atoms with Gasteiger partial charge >= 0.3 is 12.4 Å². The number of rotatable bonds is 8. The number of halogens is 6. The Labute approximate surface area is 353 Å². The fourth-order valence-electron chi connectivity index (χ4n) is 8.24. The summed E-state index contributed by atoms with van der Waals surface area (Å²) >= 11 is 0. The van der Waals surface area contributed by atoms with E-state index in [0.717, 1.165) is 61.5 Å². The van der Waals surface area contributed by atoms with Crippen LogP contribution in [0.2, 0.25) is 0 Å². The highest BCUT2D eigenvalue weighted by Gasteiger charge is 2.35. The van der Waals surface area contributed by atoms with Gasteiger partial charge in [-0.1, -0.05) is 146 Å². The summed E-state index contributed by atoms with van der Waals surface area (Å²) in [5.41, 5.74) is 4.83. The highest BCUT2D eigenvalue weighted by Crippen LogP contribution is 2.38. The van der Waals surface area contributed by atoms with Crippen LogP contribution in [0.25, 0.3) is 22.3 Å². The van der Waals surface area contributed by atoms with Gasteiger partial charge in [0.05, 0.1) is 17.2 Å². The Hall–Kier alpha value is -5.75. The molecule has 2 atom stereocenters. The molecule has 0 aromatic heterocycles. The average Bonchev–Trinajstić information content (AvgIpc) is 3.27. The van der Waals surface area contributed by atoms with Crippen molar-refractivity contribution in [1.29, 1.82) is 0 Å². The first-order valence-corrected chi connectivity index (χ1v) is 20.4. The van der Waals surface area contributed by atoms with Crippen molar-refractivity contribution < 1.29 is 31.1 Å². The fourth-order valence-corrected chi connectivity index (χ4v) is 8.24. The molecule has 5 nitrogen and oxygen atoms in total. The number of carbonyl (C=O) groups excluding carboxylic acids is 1. The molecule has 2 saturated heterocycles. The topological polar surface area (TPSA) is 38.8 Å². The summed E-state index contributed by atoms with van der Waals surface area (Å²) in [5, 5.41) is 3.55. The lowest BCUT2D eigenvalue weighted by Gasteiger charge is -2.41. The van der Waals surface area contributed by atoms with E-state index in [-0.39, 0.29) is 23.1 Å². The molecule has 1 N–H and O–H groups in total. The predicted octanol–water partition coefficient (Wildman–Crippen LogP) is 11.3. The number of hydrogen-bond donors (Lipinski definition) is 1. The van der Waals surface area contributed by atoms with Crippen LogP contribution in [0.1, 0.15) is 52.4 Å².